The van der Waals surface area contributed by atoms with Crippen molar-refractivity contribution in [3.63, 3.8) is 0 Å². The number of pyridine rings is 1. The second-order valence-corrected chi connectivity index (χ2v) is 6.91. The highest BCUT2D eigenvalue weighted by Gasteiger charge is 2.49. The molecule has 1 nitrogen and oxygen atoms in total. The summed E-state index contributed by atoms with van der Waals surface area (Å²) in [5.41, 5.74) is 7.33. The van der Waals surface area contributed by atoms with Gasteiger partial charge >= 0.3 is 0 Å². The number of hydrogen-bond acceptors (Lipinski definition) is 0. The molecule has 0 fully saturated rings. The maximum atomic E-state index is 2.50. The summed E-state index contributed by atoms with van der Waals surface area (Å²) in [6.07, 6.45) is 3.46. The molecular formula is C22H20N+. The van der Waals surface area contributed by atoms with Crippen molar-refractivity contribution in [2.75, 3.05) is 0 Å². The molecule has 2 aromatic carbocycles. The average molecular weight is 298 g/mol. The van der Waals surface area contributed by atoms with Crippen molar-refractivity contribution in [3.8, 4) is 0 Å². The van der Waals surface area contributed by atoms with Gasteiger partial charge in [0.1, 0.15) is 0 Å². The lowest BCUT2D eigenvalue weighted by molar-refractivity contribution is -0.731. The zero-order valence-electron chi connectivity index (χ0n) is 13.3. The molecule has 23 heavy (non-hydrogen) atoms. The Morgan fingerprint density at radius 3 is 2.39 bits per heavy atom. The van der Waals surface area contributed by atoms with Gasteiger partial charge in [0.05, 0.1) is 5.92 Å². The van der Waals surface area contributed by atoms with Crippen molar-refractivity contribution in [2.24, 2.45) is 0 Å². The van der Waals surface area contributed by atoms with Gasteiger partial charge in [0, 0.05) is 30.0 Å². The van der Waals surface area contributed by atoms with E-state index in [0.29, 0.717) is 17.9 Å². The summed E-state index contributed by atoms with van der Waals surface area (Å²) in [6, 6.07) is 25.3. The van der Waals surface area contributed by atoms with Gasteiger partial charge in [-0.05, 0) is 18.1 Å². The van der Waals surface area contributed by atoms with Crippen LogP contribution in [0.15, 0.2) is 72.9 Å². The van der Waals surface area contributed by atoms with Gasteiger partial charge in [-0.2, -0.15) is 4.57 Å². The highest BCUT2D eigenvalue weighted by atomic mass is 15.0. The van der Waals surface area contributed by atoms with E-state index < -0.39 is 0 Å². The quantitative estimate of drug-likeness (QED) is 0.582. The fourth-order valence-corrected chi connectivity index (χ4v) is 4.61. The first-order valence-electron chi connectivity index (χ1n) is 8.48. The minimum atomic E-state index is 0.471. The standard InChI is InChI=1S/C22H20N/c1-15-9-11-16(12-10-15)19-14-21-17-6-2-3-7-18(17)22(19)20-8-4-5-13-23(20)21/h2-13,19,21-22H,14H2,1H3/q+1/t19-,21+,22-/m0/s1. The SMILES string of the molecule is Cc1ccc([C@@H]2C[C@@H]3c4ccccc4[C@@H]2c2cccc[n+]23)cc1. The number of nitrogens with zero attached hydrogens (tertiary/aromatic N) is 1. The summed E-state index contributed by atoms with van der Waals surface area (Å²) in [5.74, 6) is 1.05. The van der Waals surface area contributed by atoms with E-state index in [4.69, 9.17) is 0 Å². The van der Waals surface area contributed by atoms with E-state index in [9.17, 15) is 0 Å². The minimum absolute atomic E-state index is 0.471. The Labute approximate surface area is 137 Å². The Morgan fingerprint density at radius 1 is 0.826 bits per heavy atom. The zero-order valence-corrected chi connectivity index (χ0v) is 13.3. The van der Waals surface area contributed by atoms with E-state index >= 15 is 0 Å². The lowest BCUT2D eigenvalue weighted by Crippen LogP contribution is -2.53. The van der Waals surface area contributed by atoms with Gasteiger partial charge in [-0.25, -0.2) is 0 Å². The van der Waals surface area contributed by atoms with Crippen LogP contribution in [-0.2, 0) is 0 Å². The summed E-state index contributed by atoms with van der Waals surface area (Å²) < 4.78 is 2.50. The predicted octanol–water partition coefficient (Wildman–Crippen LogP) is 4.50. The summed E-state index contributed by atoms with van der Waals surface area (Å²) in [4.78, 5) is 0. The molecule has 0 saturated carbocycles. The molecule has 1 aromatic heterocycles. The Kier molecular flexibility index (Phi) is 2.72. The molecule has 3 aromatic rings. The average Bonchev–Trinajstić information content (AvgIpc) is 2.62. The van der Waals surface area contributed by atoms with Crippen LogP contribution < -0.4 is 4.57 Å². The van der Waals surface area contributed by atoms with Crippen molar-refractivity contribution in [3.05, 3.63) is 101 Å². The van der Waals surface area contributed by atoms with Gasteiger partial charge in [0.15, 0.2) is 17.9 Å². The molecule has 0 spiro atoms. The summed E-state index contributed by atoms with van der Waals surface area (Å²) in [7, 11) is 0. The van der Waals surface area contributed by atoms with Crippen LogP contribution in [0.5, 0.6) is 0 Å². The largest absolute Gasteiger partial charge is 0.195 e. The smallest absolute Gasteiger partial charge is 0.190 e. The van der Waals surface area contributed by atoms with Gasteiger partial charge in [0.25, 0.3) is 0 Å². The third-order valence-corrected chi connectivity index (χ3v) is 5.65. The number of rotatable bonds is 1. The maximum Gasteiger partial charge on any atom is 0.190 e. The molecule has 3 aliphatic rings. The van der Waals surface area contributed by atoms with Crippen LogP contribution in [0, 0.1) is 6.92 Å². The number of hydrogen-bond donors (Lipinski definition) is 0. The van der Waals surface area contributed by atoms with Gasteiger partial charge in [0.2, 0.25) is 0 Å². The van der Waals surface area contributed by atoms with Crippen molar-refractivity contribution < 1.29 is 4.57 Å². The van der Waals surface area contributed by atoms with E-state index in [2.05, 4.69) is 84.4 Å². The lowest BCUT2D eigenvalue weighted by Gasteiger charge is -2.40. The van der Waals surface area contributed by atoms with Crippen LogP contribution in [0.4, 0.5) is 0 Å². The van der Waals surface area contributed by atoms with Crippen molar-refractivity contribution >= 4 is 0 Å². The van der Waals surface area contributed by atoms with E-state index in [1.54, 1.807) is 0 Å². The molecule has 112 valence electrons. The lowest BCUT2D eigenvalue weighted by atomic mass is 9.65. The molecule has 3 heterocycles. The highest BCUT2D eigenvalue weighted by Crippen LogP contribution is 2.52. The summed E-state index contributed by atoms with van der Waals surface area (Å²) >= 11 is 0. The third-order valence-electron chi connectivity index (χ3n) is 5.65. The second-order valence-electron chi connectivity index (χ2n) is 6.91. The van der Waals surface area contributed by atoms with Crippen LogP contribution in [0.3, 0.4) is 0 Å². The third kappa shape index (κ3) is 1.83. The Morgan fingerprint density at radius 2 is 1.57 bits per heavy atom. The molecule has 6 rings (SSSR count). The normalized spacial score (nSPS) is 24.1. The van der Waals surface area contributed by atoms with Crippen molar-refractivity contribution in [2.45, 2.75) is 31.2 Å². The van der Waals surface area contributed by atoms with E-state index in [-0.39, 0.29) is 0 Å². The molecule has 2 bridgehead atoms. The van der Waals surface area contributed by atoms with Gasteiger partial charge in [-0.15, -0.1) is 0 Å². The van der Waals surface area contributed by atoms with Gasteiger partial charge < -0.3 is 0 Å². The molecule has 0 unspecified atom stereocenters. The molecule has 3 atom stereocenters. The number of benzene rings is 2. The molecule has 0 N–H and O–H groups in total. The van der Waals surface area contributed by atoms with Crippen LogP contribution in [-0.4, -0.2) is 0 Å². The molecule has 1 heteroatoms. The molecule has 1 aliphatic carbocycles. The molecule has 2 aliphatic heterocycles. The number of fused-ring (bicyclic) bond motifs is 1. The Bertz CT molecular complexity index is 831. The fourth-order valence-electron chi connectivity index (χ4n) is 4.61. The van der Waals surface area contributed by atoms with E-state index in [0.717, 1.165) is 0 Å². The first-order valence-corrected chi connectivity index (χ1v) is 8.48. The minimum Gasteiger partial charge on any atom is -0.195 e. The number of aryl methyl sites for hydroxylation is 1. The van der Waals surface area contributed by atoms with Crippen LogP contribution in [0.1, 0.15) is 52.2 Å². The first-order chi connectivity index (χ1) is 11.3. The maximum absolute atomic E-state index is 2.50. The molecular weight excluding hydrogens is 278 g/mol. The Hall–Kier alpha value is -2.41. The van der Waals surface area contributed by atoms with Crippen LogP contribution >= 0.6 is 0 Å². The molecule has 0 amide bonds. The van der Waals surface area contributed by atoms with Crippen molar-refractivity contribution in [1.29, 1.82) is 0 Å². The van der Waals surface area contributed by atoms with E-state index in [1.165, 1.54) is 34.4 Å². The fraction of sp³-hybridized carbons (Fsp3) is 0.227. The van der Waals surface area contributed by atoms with Gasteiger partial charge in [-0.3, -0.25) is 0 Å². The van der Waals surface area contributed by atoms with Gasteiger partial charge in [-0.1, -0.05) is 60.2 Å². The highest BCUT2D eigenvalue weighted by molar-refractivity contribution is 5.45. The molecule has 0 saturated heterocycles. The monoisotopic (exact) mass is 298 g/mol. The zero-order chi connectivity index (χ0) is 15.4. The predicted molar refractivity (Wildman–Crippen MR) is 91.6 cm³/mol. The molecule has 0 radical (unpaired) electrons. The first kappa shape index (κ1) is 13.1. The Balaban J connectivity index is 1.72. The van der Waals surface area contributed by atoms with Crippen LogP contribution in [0.25, 0.3) is 0 Å². The number of aromatic nitrogens is 1. The summed E-state index contributed by atoms with van der Waals surface area (Å²) in [5, 5.41) is 0. The van der Waals surface area contributed by atoms with Crippen molar-refractivity contribution in [1.82, 2.24) is 0 Å². The van der Waals surface area contributed by atoms with Crippen LogP contribution in [0.2, 0.25) is 0 Å². The topological polar surface area (TPSA) is 3.88 Å². The second kappa shape index (κ2) is 4.79. The summed E-state index contributed by atoms with van der Waals surface area (Å²) in [6.45, 7) is 2.16. The van der Waals surface area contributed by atoms with E-state index in [1.807, 2.05) is 0 Å².